The van der Waals surface area contributed by atoms with Crippen molar-refractivity contribution in [3.05, 3.63) is 34.9 Å². The number of esters is 1. The number of carbonyl (C=O) groups is 2. The van der Waals surface area contributed by atoms with Gasteiger partial charge in [-0.15, -0.1) is 0 Å². The van der Waals surface area contributed by atoms with E-state index in [0.29, 0.717) is 39.0 Å². The molecule has 0 saturated carbocycles. The molecule has 1 rings (SSSR count). The van der Waals surface area contributed by atoms with Crippen LogP contribution in [0.4, 0.5) is 4.79 Å². The maximum absolute atomic E-state index is 11.7. The van der Waals surface area contributed by atoms with Crippen LogP contribution >= 0.6 is 0 Å². The molecule has 1 aromatic rings. The van der Waals surface area contributed by atoms with Crippen LogP contribution in [0.2, 0.25) is 0 Å². The molecule has 1 aromatic carbocycles. The first-order valence-electron chi connectivity index (χ1n) is 7.76. The highest BCUT2D eigenvalue weighted by molar-refractivity contribution is 5.73. The number of hydrogen-bond donors (Lipinski definition) is 2. The van der Waals surface area contributed by atoms with Gasteiger partial charge in [0.25, 0.3) is 0 Å². The zero-order valence-electron chi connectivity index (χ0n) is 13.7. The van der Waals surface area contributed by atoms with Crippen molar-refractivity contribution in [3.8, 4) is 0 Å². The van der Waals surface area contributed by atoms with E-state index >= 15 is 0 Å². The van der Waals surface area contributed by atoms with Crippen molar-refractivity contribution in [3.63, 3.8) is 0 Å². The van der Waals surface area contributed by atoms with Crippen LogP contribution in [0.5, 0.6) is 0 Å². The third-order valence-electron chi connectivity index (χ3n) is 3.30. The molecule has 0 aliphatic heterocycles. The van der Waals surface area contributed by atoms with Crippen LogP contribution in [0.25, 0.3) is 0 Å². The minimum Gasteiger partial charge on any atom is -0.466 e. The number of benzene rings is 1. The van der Waals surface area contributed by atoms with Gasteiger partial charge in [0.15, 0.2) is 0 Å². The van der Waals surface area contributed by atoms with Gasteiger partial charge in [0.2, 0.25) is 0 Å². The second-order valence-electron chi connectivity index (χ2n) is 5.29. The lowest BCUT2D eigenvalue weighted by Gasteiger charge is -2.08. The summed E-state index contributed by atoms with van der Waals surface area (Å²) in [5.74, 6) is -0.196. The minimum atomic E-state index is -0.196. The van der Waals surface area contributed by atoms with Crippen LogP contribution in [0.3, 0.4) is 0 Å². The molecule has 2 amide bonds. The van der Waals surface area contributed by atoms with Crippen LogP contribution in [-0.4, -0.2) is 31.7 Å². The molecule has 0 saturated heterocycles. The van der Waals surface area contributed by atoms with Crippen molar-refractivity contribution < 1.29 is 14.3 Å². The summed E-state index contributed by atoms with van der Waals surface area (Å²) >= 11 is 0. The molecule has 0 unspecified atom stereocenters. The second-order valence-corrected chi connectivity index (χ2v) is 5.29. The van der Waals surface area contributed by atoms with Gasteiger partial charge in [0.1, 0.15) is 0 Å². The van der Waals surface area contributed by atoms with Gasteiger partial charge in [0, 0.05) is 19.5 Å². The van der Waals surface area contributed by atoms with E-state index in [4.69, 9.17) is 4.74 Å². The fraction of sp³-hybridized carbons (Fsp3) is 0.529. The van der Waals surface area contributed by atoms with E-state index in [2.05, 4.69) is 42.7 Å². The van der Waals surface area contributed by atoms with Crippen molar-refractivity contribution in [1.82, 2.24) is 10.6 Å². The molecule has 22 heavy (non-hydrogen) atoms. The SMILES string of the molecule is CCNC(=O)NCCCOC(=O)CCc1ccc(C)cc1C. The molecular weight excluding hydrogens is 280 g/mol. The Balaban J connectivity index is 2.15. The highest BCUT2D eigenvalue weighted by atomic mass is 16.5. The van der Waals surface area contributed by atoms with E-state index in [1.54, 1.807) is 0 Å². The number of hydrogen-bond acceptors (Lipinski definition) is 3. The number of amides is 2. The summed E-state index contributed by atoms with van der Waals surface area (Å²) in [5.41, 5.74) is 3.61. The van der Waals surface area contributed by atoms with Crippen LogP contribution in [0, 0.1) is 13.8 Å². The fourth-order valence-electron chi connectivity index (χ4n) is 2.12. The standard InChI is InChI=1S/C17H26N2O3/c1-4-18-17(21)19-10-5-11-22-16(20)9-8-15-7-6-13(2)12-14(15)3/h6-7,12H,4-5,8-11H2,1-3H3,(H2,18,19,21). The molecule has 0 aromatic heterocycles. The normalized spacial score (nSPS) is 10.1. The van der Waals surface area contributed by atoms with E-state index in [0.717, 1.165) is 0 Å². The Morgan fingerprint density at radius 1 is 1.18 bits per heavy atom. The molecule has 5 heteroatoms. The summed E-state index contributed by atoms with van der Waals surface area (Å²) in [6.45, 7) is 7.39. The molecule has 122 valence electrons. The van der Waals surface area contributed by atoms with Crippen molar-refractivity contribution in [1.29, 1.82) is 0 Å². The number of carbonyl (C=O) groups excluding carboxylic acids is 2. The highest BCUT2D eigenvalue weighted by Crippen LogP contribution is 2.12. The Hall–Kier alpha value is -2.04. The summed E-state index contributed by atoms with van der Waals surface area (Å²) in [5, 5.41) is 5.32. The molecule has 0 heterocycles. The van der Waals surface area contributed by atoms with Crippen LogP contribution in [0.1, 0.15) is 36.5 Å². The topological polar surface area (TPSA) is 67.4 Å². The predicted molar refractivity (Wildman–Crippen MR) is 86.9 cm³/mol. The zero-order chi connectivity index (χ0) is 16.4. The maximum atomic E-state index is 11.7. The average molecular weight is 306 g/mol. The number of aryl methyl sites for hydroxylation is 3. The Labute approximate surface area is 132 Å². The summed E-state index contributed by atoms with van der Waals surface area (Å²) in [6, 6.07) is 6.05. The van der Waals surface area contributed by atoms with Gasteiger partial charge in [0.05, 0.1) is 6.61 Å². The first-order chi connectivity index (χ1) is 10.5. The molecule has 0 bridgehead atoms. The summed E-state index contributed by atoms with van der Waals surface area (Å²) in [6.07, 6.45) is 1.70. The largest absolute Gasteiger partial charge is 0.466 e. The predicted octanol–water partition coefficient (Wildman–Crippen LogP) is 2.49. The summed E-state index contributed by atoms with van der Waals surface area (Å²) in [7, 11) is 0. The Bertz CT molecular complexity index is 501. The van der Waals surface area contributed by atoms with E-state index in [1.165, 1.54) is 16.7 Å². The van der Waals surface area contributed by atoms with Gasteiger partial charge in [-0.05, 0) is 44.7 Å². The lowest BCUT2D eigenvalue weighted by Crippen LogP contribution is -2.36. The smallest absolute Gasteiger partial charge is 0.314 e. The minimum absolute atomic E-state index is 0.191. The Kier molecular flexibility index (Phi) is 8.04. The monoisotopic (exact) mass is 306 g/mol. The molecular formula is C17H26N2O3. The maximum Gasteiger partial charge on any atom is 0.314 e. The molecule has 0 atom stereocenters. The van der Waals surface area contributed by atoms with Crippen LogP contribution in [0.15, 0.2) is 18.2 Å². The van der Waals surface area contributed by atoms with Gasteiger partial charge >= 0.3 is 12.0 Å². The third kappa shape index (κ3) is 7.11. The highest BCUT2D eigenvalue weighted by Gasteiger charge is 2.06. The Morgan fingerprint density at radius 3 is 2.64 bits per heavy atom. The van der Waals surface area contributed by atoms with Gasteiger partial charge < -0.3 is 15.4 Å². The van der Waals surface area contributed by atoms with E-state index in [1.807, 2.05) is 6.92 Å². The number of ether oxygens (including phenoxy) is 1. The van der Waals surface area contributed by atoms with Crippen LogP contribution in [-0.2, 0) is 16.0 Å². The molecule has 0 radical (unpaired) electrons. The Morgan fingerprint density at radius 2 is 1.95 bits per heavy atom. The molecule has 0 spiro atoms. The molecule has 2 N–H and O–H groups in total. The molecule has 0 aliphatic rings. The first kappa shape index (κ1) is 18.0. The van der Waals surface area contributed by atoms with Crippen molar-refractivity contribution in [2.45, 2.75) is 40.0 Å². The van der Waals surface area contributed by atoms with Gasteiger partial charge in [-0.2, -0.15) is 0 Å². The summed E-state index contributed by atoms with van der Waals surface area (Å²) in [4.78, 5) is 22.8. The van der Waals surface area contributed by atoms with E-state index in [-0.39, 0.29) is 12.0 Å². The van der Waals surface area contributed by atoms with Crippen molar-refractivity contribution in [2.75, 3.05) is 19.7 Å². The number of urea groups is 1. The molecule has 5 nitrogen and oxygen atoms in total. The van der Waals surface area contributed by atoms with Gasteiger partial charge in [-0.3, -0.25) is 4.79 Å². The zero-order valence-corrected chi connectivity index (χ0v) is 13.7. The van der Waals surface area contributed by atoms with Crippen LogP contribution < -0.4 is 10.6 Å². The molecule has 0 fully saturated rings. The van der Waals surface area contributed by atoms with E-state index < -0.39 is 0 Å². The van der Waals surface area contributed by atoms with Crippen molar-refractivity contribution >= 4 is 12.0 Å². The quantitative estimate of drug-likeness (QED) is 0.573. The van der Waals surface area contributed by atoms with Gasteiger partial charge in [-0.25, -0.2) is 4.79 Å². The third-order valence-corrected chi connectivity index (χ3v) is 3.30. The summed E-state index contributed by atoms with van der Waals surface area (Å²) < 4.78 is 5.16. The number of nitrogens with one attached hydrogen (secondary N) is 2. The lowest BCUT2D eigenvalue weighted by molar-refractivity contribution is -0.143. The molecule has 0 aliphatic carbocycles. The van der Waals surface area contributed by atoms with Crippen molar-refractivity contribution in [2.24, 2.45) is 0 Å². The first-order valence-corrected chi connectivity index (χ1v) is 7.76. The van der Waals surface area contributed by atoms with E-state index in [9.17, 15) is 9.59 Å². The van der Waals surface area contributed by atoms with Gasteiger partial charge in [-0.1, -0.05) is 23.8 Å². The lowest BCUT2D eigenvalue weighted by atomic mass is 10.0. The average Bonchev–Trinajstić information content (AvgIpc) is 2.46. The second kappa shape index (κ2) is 9.82. The number of rotatable bonds is 8. The fourth-order valence-corrected chi connectivity index (χ4v) is 2.12.